The molecule has 1 unspecified atom stereocenters. The van der Waals surface area contributed by atoms with Gasteiger partial charge < -0.3 is 9.64 Å². The molecule has 92 valence electrons. The molecule has 0 saturated carbocycles. The number of ether oxygens (including phenoxy) is 1. The number of benzene rings is 1. The van der Waals surface area contributed by atoms with E-state index < -0.39 is 11.6 Å². The molecule has 1 aliphatic rings. The molecule has 1 saturated heterocycles. The lowest BCUT2D eigenvalue weighted by Crippen LogP contribution is -2.44. The third kappa shape index (κ3) is 2.29. The summed E-state index contributed by atoms with van der Waals surface area (Å²) < 4.78 is 32.8. The Labute approximate surface area is 98.0 Å². The summed E-state index contributed by atoms with van der Waals surface area (Å²) in [5, 5.41) is 0. The van der Waals surface area contributed by atoms with Crippen LogP contribution in [-0.4, -0.2) is 32.1 Å². The van der Waals surface area contributed by atoms with E-state index in [1.54, 1.807) is 4.90 Å². The van der Waals surface area contributed by atoms with E-state index in [1.165, 1.54) is 0 Å². The minimum Gasteiger partial charge on any atom is -0.377 e. The zero-order valence-corrected chi connectivity index (χ0v) is 9.45. The van der Waals surface area contributed by atoms with Gasteiger partial charge in [-0.15, -0.1) is 0 Å². The van der Waals surface area contributed by atoms with E-state index in [9.17, 15) is 13.6 Å². The zero-order valence-electron chi connectivity index (χ0n) is 9.45. The van der Waals surface area contributed by atoms with Crippen molar-refractivity contribution in [2.24, 2.45) is 0 Å². The molecule has 1 heterocycles. The lowest BCUT2D eigenvalue weighted by molar-refractivity contribution is 0.0981. The molecule has 2 rings (SSSR count). The molecule has 1 aromatic carbocycles. The predicted octanol–water partition coefficient (Wildman–Crippen LogP) is 2.00. The Morgan fingerprint density at radius 3 is 2.59 bits per heavy atom. The van der Waals surface area contributed by atoms with Crippen LogP contribution in [0.3, 0.4) is 0 Å². The van der Waals surface area contributed by atoms with Gasteiger partial charge in [-0.2, -0.15) is 0 Å². The number of carbonyl (C=O) groups is 1. The summed E-state index contributed by atoms with van der Waals surface area (Å²) >= 11 is 0. The average Bonchev–Trinajstić information content (AvgIpc) is 2.30. The SMILES string of the molecule is CC1COCCN1c1c(F)cc(C=O)cc1F. The molecule has 17 heavy (non-hydrogen) atoms. The Morgan fingerprint density at radius 2 is 2.06 bits per heavy atom. The summed E-state index contributed by atoms with van der Waals surface area (Å²) in [5.41, 5.74) is -0.0731. The standard InChI is InChI=1S/C12H13F2NO2/c1-8-7-17-3-2-15(8)12-10(13)4-9(6-16)5-11(12)14/h4-6,8H,2-3,7H2,1H3. The fourth-order valence-electron chi connectivity index (χ4n) is 1.99. The van der Waals surface area contributed by atoms with Crippen LogP contribution in [0.5, 0.6) is 0 Å². The van der Waals surface area contributed by atoms with Crippen LogP contribution >= 0.6 is 0 Å². The Hall–Kier alpha value is -1.49. The van der Waals surface area contributed by atoms with Crippen molar-refractivity contribution in [1.82, 2.24) is 0 Å². The maximum Gasteiger partial charge on any atom is 0.150 e. The second kappa shape index (κ2) is 4.79. The summed E-state index contributed by atoms with van der Waals surface area (Å²) in [6, 6.07) is 2.01. The summed E-state index contributed by atoms with van der Waals surface area (Å²) in [7, 11) is 0. The average molecular weight is 241 g/mol. The fourth-order valence-corrected chi connectivity index (χ4v) is 1.99. The largest absolute Gasteiger partial charge is 0.377 e. The van der Waals surface area contributed by atoms with Crippen molar-refractivity contribution >= 4 is 12.0 Å². The van der Waals surface area contributed by atoms with Gasteiger partial charge in [0.05, 0.1) is 13.2 Å². The van der Waals surface area contributed by atoms with Crippen molar-refractivity contribution < 1.29 is 18.3 Å². The highest BCUT2D eigenvalue weighted by Gasteiger charge is 2.25. The first-order chi connectivity index (χ1) is 8.13. The molecule has 1 atom stereocenters. The quantitative estimate of drug-likeness (QED) is 0.742. The van der Waals surface area contributed by atoms with Crippen LogP contribution in [0, 0.1) is 11.6 Å². The minimum atomic E-state index is -0.708. The molecular formula is C12H13F2NO2. The molecule has 0 amide bonds. The first-order valence-electron chi connectivity index (χ1n) is 5.42. The summed E-state index contributed by atoms with van der Waals surface area (Å²) in [6.07, 6.45) is 0.429. The molecular weight excluding hydrogens is 228 g/mol. The zero-order chi connectivity index (χ0) is 12.4. The number of carbonyl (C=O) groups excluding carboxylic acids is 1. The predicted molar refractivity (Wildman–Crippen MR) is 59.4 cm³/mol. The number of rotatable bonds is 2. The van der Waals surface area contributed by atoms with Gasteiger partial charge in [0, 0.05) is 18.2 Å². The lowest BCUT2D eigenvalue weighted by atomic mass is 10.1. The van der Waals surface area contributed by atoms with E-state index in [2.05, 4.69) is 0 Å². The van der Waals surface area contributed by atoms with Gasteiger partial charge in [-0.25, -0.2) is 8.78 Å². The highest BCUT2D eigenvalue weighted by Crippen LogP contribution is 2.27. The number of morpholine rings is 1. The van der Waals surface area contributed by atoms with Crippen molar-refractivity contribution in [2.75, 3.05) is 24.7 Å². The van der Waals surface area contributed by atoms with Crippen molar-refractivity contribution in [1.29, 1.82) is 0 Å². The van der Waals surface area contributed by atoms with Crippen molar-refractivity contribution in [3.05, 3.63) is 29.3 Å². The monoisotopic (exact) mass is 241 g/mol. The maximum absolute atomic E-state index is 13.8. The normalized spacial score (nSPS) is 20.4. The number of hydrogen-bond donors (Lipinski definition) is 0. The van der Waals surface area contributed by atoms with Crippen LogP contribution in [0.4, 0.5) is 14.5 Å². The van der Waals surface area contributed by atoms with Crippen LogP contribution in [0.1, 0.15) is 17.3 Å². The summed E-state index contributed by atoms with van der Waals surface area (Å²) in [6.45, 7) is 3.16. The van der Waals surface area contributed by atoms with Gasteiger partial charge >= 0.3 is 0 Å². The first-order valence-corrected chi connectivity index (χ1v) is 5.42. The third-order valence-electron chi connectivity index (χ3n) is 2.83. The van der Waals surface area contributed by atoms with Gasteiger partial charge in [-0.3, -0.25) is 4.79 Å². The molecule has 0 aliphatic carbocycles. The Kier molecular flexibility index (Phi) is 3.38. The van der Waals surface area contributed by atoms with E-state index in [-0.39, 0.29) is 17.3 Å². The Balaban J connectivity index is 2.40. The van der Waals surface area contributed by atoms with Gasteiger partial charge in [0.15, 0.2) is 0 Å². The maximum atomic E-state index is 13.8. The lowest BCUT2D eigenvalue weighted by Gasteiger charge is -2.35. The van der Waals surface area contributed by atoms with Crippen LogP contribution in [-0.2, 0) is 4.74 Å². The van der Waals surface area contributed by atoms with Crippen molar-refractivity contribution in [3.8, 4) is 0 Å². The van der Waals surface area contributed by atoms with Crippen molar-refractivity contribution in [2.45, 2.75) is 13.0 Å². The van der Waals surface area contributed by atoms with Gasteiger partial charge in [0.25, 0.3) is 0 Å². The van der Waals surface area contributed by atoms with E-state index in [1.807, 2.05) is 6.92 Å². The van der Waals surface area contributed by atoms with E-state index in [0.29, 0.717) is 26.0 Å². The fraction of sp³-hybridized carbons (Fsp3) is 0.417. The van der Waals surface area contributed by atoms with E-state index in [4.69, 9.17) is 4.74 Å². The molecule has 0 bridgehead atoms. The molecule has 0 aromatic heterocycles. The second-order valence-corrected chi connectivity index (χ2v) is 4.07. The Bertz CT molecular complexity index is 414. The smallest absolute Gasteiger partial charge is 0.150 e. The minimum absolute atomic E-state index is 0.00432. The molecule has 0 spiro atoms. The molecule has 0 N–H and O–H groups in total. The number of anilines is 1. The summed E-state index contributed by atoms with van der Waals surface area (Å²) in [4.78, 5) is 12.1. The second-order valence-electron chi connectivity index (χ2n) is 4.07. The number of aldehydes is 1. The van der Waals surface area contributed by atoms with Crippen LogP contribution in [0.15, 0.2) is 12.1 Å². The van der Waals surface area contributed by atoms with E-state index >= 15 is 0 Å². The molecule has 3 nitrogen and oxygen atoms in total. The van der Waals surface area contributed by atoms with Crippen LogP contribution < -0.4 is 4.90 Å². The van der Waals surface area contributed by atoms with Gasteiger partial charge in [-0.05, 0) is 19.1 Å². The molecule has 1 fully saturated rings. The van der Waals surface area contributed by atoms with Crippen molar-refractivity contribution in [3.63, 3.8) is 0 Å². The van der Waals surface area contributed by atoms with Crippen LogP contribution in [0.2, 0.25) is 0 Å². The van der Waals surface area contributed by atoms with Crippen LogP contribution in [0.25, 0.3) is 0 Å². The molecule has 5 heteroatoms. The Morgan fingerprint density at radius 1 is 1.41 bits per heavy atom. The highest BCUT2D eigenvalue weighted by molar-refractivity contribution is 5.76. The number of nitrogens with zero attached hydrogens (tertiary/aromatic N) is 1. The third-order valence-corrected chi connectivity index (χ3v) is 2.83. The van der Waals surface area contributed by atoms with Gasteiger partial charge in [0.1, 0.15) is 23.6 Å². The van der Waals surface area contributed by atoms with Gasteiger partial charge in [-0.1, -0.05) is 0 Å². The topological polar surface area (TPSA) is 29.5 Å². The molecule has 0 radical (unpaired) electrons. The van der Waals surface area contributed by atoms with E-state index in [0.717, 1.165) is 12.1 Å². The number of hydrogen-bond acceptors (Lipinski definition) is 3. The molecule has 1 aliphatic heterocycles. The molecule has 1 aromatic rings. The highest BCUT2D eigenvalue weighted by atomic mass is 19.1. The number of halogens is 2. The first kappa shape index (κ1) is 12.0. The summed E-state index contributed by atoms with van der Waals surface area (Å²) in [5.74, 6) is -1.42. The van der Waals surface area contributed by atoms with Gasteiger partial charge in [0.2, 0.25) is 0 Å².